The van der Waals surface area contributed by atoms with Crippen LogP contribution in [0.1, 0.15) is 16.2 Å². The summed E-state index contributed by atoms with van der Waals surface area (Å²) in [6.45, 7) is 2.72. The second-order valence-corrected chi connectivity index (χ2v) is 8.30. The number of anilines is 1. The van der Waals surface area contributed by atoms with E-state index >= 15 is 0 Å². The number of rotatable bonds is 4. The first-order valence-electron chi connectivity index (χ1n) is 11.1. The van der Waals surface area contributed by atoms with Crippen LogP contribution in [-0.2, 0) is 18.3 Å². The smallest absolute Gasteiger partial charge is 0.256 e. The zero-order valence-electron chi connectivity index (χ0n) is 18.6. The number of fused-ring (bicyclic) bond motifs is 5. The van der Waals surface area contributed by atoms with Gasteiger partial charge in [-0.15, -0.1) is 10.2 Å². The van der Waals surface area contributed by atoms with Gasteiger partial charge in [-0.1, -0.05) is 23.7 Å². The van der Waals surface area contributed by atoms with E-state index in [1.807, 2.05) is 52.6 Å². The van der Waals surface area contributed by atoms with Gasteiger partial charge in [0, 0.05) is 43.8 Å². The average molecular weight is 454 g/mol. The second-order valence-electron chi connectivity index (χ2n) is 8.30. The summed E-state index contributed by atoms with van der Waals surface area (Å²) in [7, 11) is 3.71. The number of nitrogens with one attached hydrogen (secondary N) is 1. The number of para-hydroxylation sites is 1. The molecule has 169 valence electrons. The molecule has 1 radical (unpaired) electrons. The summed E-state index contributed by atoms with van der Waals surface area (Å²) in [5.41, 5.74) is 2.41. The topological polar surface area (TPSA) is 107 Å². The number of carbonyl (C=O) groups is 1. The van der Waals surface area contributed by atoms with Gasteiger partial charge in [0.25, 0.3) is 5.91 Å². The number of pyridine rings is 1. The van der Waals surface area contributed by atoms with Gasteiger partial charge >= 0.3 is 0 Å². The minimum Gasteiger partial charge on any atom is -0.378 e. The summed E-state index contributed by atoms with van der Waals surface area (Å²) in [5.74, 6) is 0.842. The van der Waals surface area contributed by atoms with Crippen molar-refractivity contribution in [1.82, 2.24) is 29.6 Å². The molecule has 0 spiro atoms. The molecule has 2 aliphatic heterocycles. The number of morpholine rings is 1. The Balaban J connectivity index is 1.50. The van der Waals surface area contributed by atoms with E-state index in [2.05, 4.69) is 20.5 Å². The van der Waals surface area contributed by atoms with Crippen molar-refractivity contribution in [2.24, 2.45) is 7.05 Å². The molecule has 3 aromatic heterocycles. The van der Waals surface area contributed by atoms with E-state index in [0.29, 0.717) is 54.6 Å². The Bertz CT molecular complexity index is 1490. The van der Waals surface area contributed by atoms with Gasteiger partial charge in [0.2, 0.25) is 12.7 Å². The largest absolute Gasteiger partial charge is 0.378 e. The molecule has 10 nitrogen and oxygen atoms in total. The number of ether oxygens (including phenoxy) is 1. The van der Waals surface area contributed by atoms with Crippen molar-refractivity contribution in [3.8, 4) is 5.69 Å². The molecule has 1 saturated heterocycles. The molecule has 1 amide bonds. The highest BCUT2D eigenvalue weighted by Gasteiger charge is 2.30. The van der Waals surface area contributed by atoms with E-state index in [9.17, 15) is 9.59 Å². The summed E-state index contributed by atoms with van der Waals surface area (Å²) in [6.07, 6.45) is 3.47. The fourth-order valence-electron chi connectivity index (χ4n) is 4.51. The van der Waals surface area contributed by atoms with E-state index < -0.39 is 5.91 Å². The lowest BCUT2D eigenvalue weighted by Gasteiger charge is -2.27. The first-order valence-corrected chi connectivity index (χ1v) is 11.1. The number of nitrogens with zero attached hydrogens (tertiary/aromatic N) is 6. The standard InChI is InChI=1S/C23H21BN7O3/c1-29-7-6-25-18(29)13-26-23(33)19-20(32)14-12-17(30-8-10-34-11-9-30)27-28-22(14)31-16-5-3-2-4-15(16)24-21(19)31/h2-7,12H,8-11,13H2,1H3,(H,26,33). The van der Waals surface area contributed by atoms with Crippen molar-refractivity contribution in [2.45, 2.75) is 6.54 Å². The van der Waals surface area contributed by atoms with E-state index in [0.717, 1.165) is 11.2 Å². The van der Waals surface area contributed by atoms with Crippen molar-refractivity contribution < 1.29 is 9.53 Å². The number of hydrogen-bond acceptors (Lipinski definition) is 7. The molecule has 1 aromatic carbocycles. The number of aryl methyl sites for hydroxylation is 1. The SMILES string of the molecule is Cn1ccnc1CNC(=O)c1c2n(c3nnc(N4CCOCC4)cc3c1=O)-c1ccccc1[B]2. The van der Waals surface area contributed by atoms with E-state index in [-0.39, 0.29) is 17.5 Å². The fourth-order valence-corrected chi connectivity index (χ4v) is 4.51. The van der Waals surface area contributed by atoms with E-state index in [1.165, 1.54) is 0 Å². The number of aromatic nitrogens is 5. The Labute approximate surface area is 195 Å². The zero-order chi connectivity index (χ0) is 23.2. The van der Waals surface area contributed by atoms with Crippen molar-refractivity contribution >= 4 is 41.1 Å². The van der Waals surface area contributed by atoms with Crippen molar-refractivity contribution in [3.63, 3.8) is 0 Å². The highest BCUT2D eigenvalue weighted by molar-refractivity contribution is 6.71. The molecule has 2 aliphatic rings. The number of benzene rings is 1. The molecular weight excluding hydrogens is 433 g/mol. The molecule has 0 atom stereocenters. The van der Waals surface area contributed by atoms with E-state index in [4.69, 9.17) is 4.74 Å². The Morgan fingerprint density at radius 2 is 2.03 bits per heavy atom. The third-order valence-corrected chi connectivity index (χ3v) is 6.30. The summed E-state index contributed by atoms with van der Waals surface area (Å²) in [4.78, 5) is 33.4. The molecule has 5 heterocycles. The summed E-state index contributed by atoms with van der Waals surface area (Å²) < 4.78 is 9.10. The van der Waals surface area contributed by atoms with Crippen LogP contribution < -0.4 is 26.7 Å². The lowest BCUT2D eigenvalue weighted by atomic mass is 9.67. The molecule has 0 saturated carbocycles. The fraction of sp³-hybridized carbons (Fsp3) is 0.261. The van der Waals surface area contributed by atoms with Crippen molar-refractivity contribution in [1.29, 1.82) is 0 Å². The van der Waals surface area contributed by atoms with Crippen LogP contribution in [0.4, 0.5) is 5.82 Å². The Morgan fingerprint density at radius 1 is 1.21 bits per heavy atom. The first kappa shape index (κ1) is 20.6. The van der Waals surface area contributed by atoms with Gasteiger partial charge in [0.15, 0.2) is 11.5 Å². The molecule has 1 fully saturated rings. The van der Waals surface area contributed by atoms with Crippen LogP contribution in [0, 0.1) is 0 Å². The number of hydrogen-bond donors (Lipinski definition) is 1. The minimum absolute atomic E-state index is 0.0823. The maximum absolute atomic E-state index is 13.7. The zero-order valence-corrected chi connectivity index (χ0v) is 18.6. The van der Waals surface area contributed by atoms with Crippen molar-refractivity contribution in [2.75, 3.05) is 31.2 Å². The number of imidazole rings is 1. The Morgan fingerprint density at radius 3 is 2.82 bits per heavy atom. The normalized spacial score (nSPS) is 14.6. The van der Waals surface area contributed by atoms with Crippen LogP contribution in [0.5, 0.6) is 0 Å². The van der Waals surface area contributed by atoms with Crippen LogP contribution in [0.2, 0.25) is 0 Å². The maximum atomic E-state index is 13.7. The quantitative estimate of drug-likeness (QED) is 0.356. The highest BCUT2D eigenvalue weighted by Crippen LogP contribution is 2.20. The molecule has 11 heteroatoms. The van der Waals surface area contributed by atoms with Crippen molar-refractivity contribution in [3.05, 3.63) is 64.3 Å². The molecular formula is C23H21BN7O3. The number of amides is 1. The number of carbonyl (C=O) groups excluding carboxylic acids is 1. The van der Waals surface area contributed by atoms with Crippen LogP contribution in [0.15, 0.2) is 47.5 Å². The van der Waals surface area contributed by atoms with E-state index in [1.54, 1.807) is 18.5 Å². The molecule has 1 N–H and O–H groups in total. The van der Waals surface area contributed by atoms with Gasteiger partial charge < -0.3 is 24.1 Å². The monoisotopic (exact) mass is 454 g/mol. The van der Waals surface area contributed by atoms with Gasteiger partial charge in [0.05, 0.1) is 30.7 Å². The summed E-state index contributed by atoms with van der Waals surface area (Å²) in [5, 5.41) is 12.1. The van der Waals surface area contributed by atoms with Crippen LogP contribution in [0.3, 0.4) is 0 Å². The van der Waals surface area contributed by atoms with Gasteiger partial charge in [-0.25, -0.2) is 4.98 Å². The van der Waals surface area contributed by atoms with Crippen LogP contribution >= 0.6 is 0 Å². The van der Waals surface area contributed by atoms with Gasteiger partial charge in [-0.2, -0.15) is 0 Å². The maximum Gasteiger partial charge on any atom is 0.256 e. The highest BCUT2D eigenvalue weighted by atomic mass is 16.5. The predicted molar refractivity (Wildman–Crippen MR) is 128 cm³/mol. The Kier molecular flexibility index (Phi) is 4.91. The summed E-state index contributed by atoms with van der Waals surface area (Å²) in [6, 6.07) is 9.47. The third-order valence-electron chi connectivity index (χ3n) is 6.30. The first-order chi connectivity index (χ1) is 16.6. The van der Waals surface area contributed by atoms with Gasteiger partial charge in [-0.05, 0) is 12.1 Å². The second kappa shape index (κ2) is 8.10. The molecule has 6 rings (SSSR count). The molecule has 0 aliphatic carbocycles. The lowest BCUT2D eigenvalue weighted by Crippen LogP contribution is -2.41. The minimum atomic E-state index is -0.451. The molecule has 0 bridgehead atoms. The van der Waals surface area contributed by atoms with Gasteiger partial charge in [-0.3, -0.25) is 9.59 Å². The molecule has 0 unspecified atom stereocenters. The van der Waals surface area contributed by atoms with Crippen LogP contribution in [-0.4, -0.2) is 63.8 Å². The lowest BCUT2D eigenvalue weighted by molar-refractivity contribution is 0.0949. The Hall–Kier alpha value is -3.99. The third kappa shape index (κ3) is 3.27. The predicted octanol–water partition coefficient (Wildman–Crippen LogP) is -0.751. The van der Waals surface area contributed by atoms with Crippen LogP contribution in [0.25, 0.3) is 16.7 Å². The molecule has 34 heavy (non-hydrogen) atoms. The average Bonchev–Trinajstić information content (AvgIpc) is 3.46. The van der Waals surface area contributed by atoms with Gasteiger partial charge in [0.1, 0.15) is 5.82 Å². The molecule has 4 aromatic rings. The summed E-state index contributed by atoms with van der Waals surface area (Å²) >= 11 is 0.